The second-order valence-electron chi connectivity index (χ2n) is 3.78. The summed E-state index contributed by atoms with van der Waals surface area (Å²) in [6, 6.07) is 3.24. The zero-order chi connectivity index (χ0) is 13.0. The van der Waals surface area contributed by atoms with E-state index in [0.29, 0.717) is 13.0 Å². The standard InChI is InChI=1S/C12H12FN3O2/c13-9-3-8(4-11(17)5-9)12(18)15-2-1-10-6-14-7-16-10/h3-7,17H,1-2H2,(H,14,16)(H,15,18). The molecule has 2 aromatic rings. The van der Waals surface area contributed by atoms with Gasteiger partial charge in [-0.15, -0.1) is 0 Å². The topological polar surface area (TPSA) is 78.0 Å². The van der Waals surface area contributed by atoms with Crippen LogP contribution in [0.3, 0.4) is 0 Å². The van der Waals surface area contributed by atoms with Gasteiger partial charge in [-0.05, 0) is 12.1 Å². The Morgan fingerprint density at radius 1 is 1.44 bits per heavy atom. The van der Waals surface area contributed by atoms with Crippen LogP contribution in [0.5, 0.6) is 5.75 Å². The zero-order valence-electron chi connectivity index (χ0n) is 9.48. The van der Waals surface area contributed by atoms with Gasteiger partial charge in [-0.25, -0.2) is 9.37 Å². The second-order valence-corrected chi connectivity index (χ2v) is 3.78. The van der Waals surface area contributed by atoms with Crippen LogP contribution in [0.15, 0.2) is 30.7 Å². The number of imidazole rings is 1. The minimum Gasteiger partial charge on any atom is -0.508 e. The highest BCUT2D eigenvalue weighted by Crippen LogP contribution is 2.14. The fourth-order valence-corrected chi connectivity index (χ4v) is 1.54. The number of hydrogen-bond acceptors (Lipinski definition) is 3. The summed E-state index contributed by atoms with van der Waals surface area (Å²) in [5, 5.41) is 11.8. The van der Waals surface area contributed by atoms with E-state index in [1.54, 1.807) is 12.5 Å². The summed E-state index contributed by atoms with van der Waals surface area (Å²) in [6.45, 7) is 0.401. The minimum absolute atomic E-state index is 0.0945. The Kier molecular flexibility index (Phi) is 3.57. The first-order valence-electron chi connectivity index (χ1n) is 5.40. The van der Waals surface area contributed by atoms with Crippen LogP contribution in [0.2, 0.25) is 0 Å². The molecule has 0 aliphatic heterocycles. The molecule has 1 amide bonds. The lowest BCUT2D eigenvalue weighted by Crippen LogP contribution is -2.25. The number of aromatic nitrogens is 2. The number of halogens is 1. The van der Waals surface area contributed by atoms with Crippen LogP contribution in [0.1, 0.15) is 16.1 Å². The predicted molar refractivity (Wildman–Crippen MR) is 62.7 cm³/mol. The van der Waals surface area contributed by atoms with Crippen LogP contribution in [-0.4, -0.2) is 27.5 Å². The van der Waals surface area contributed by atoms with Crippen molar-refractivity contribution >= 4 is 5.91 Å². The van der Waals surface area contributed by atoms with Gasteiger partial charge in [0.1, 0.15) is 11.6 Å². The third-order valence-corrected chi connectivity index (χ3v) is 2.38. The summed E-state index contributed by atoms with van der Waals surface area (Å²) < 4.78 is 13.0. The number of carbonyl (C=O) groups excluding carboxylic acids is 1. The molecule has 0 atom stereocenters. The van der Waals surface area contributed by atoms with Crippen molar-refractivity contribution in [1.82, 2.24) is 15.3 Å². The first-order chi connectivity index (χ1) is 8.65. The van der Waals surface area contributed by atoms with E-state index >= 15 is 0 Å². The summed E-state index contributed by atoms with van der Waals surface area (Å²) in [6.07, 6.45) is 3.83. The van der Waals surface area contributed by atoms with Gasteiger partial charge in [0.05, 0.1) is 6.33 Å². The number of amides is 1. The molecule has 0 bridgehead atoms. The Morgan fingerprint density at radius 2 is 2.28 bits per heavy atom. The van der Waals surface area contributed by atoms with E-state index < -0.39 is 11.7 Å². The number of rotatable bonds is 4. The highest BCUT2D eigenvalue weighted by atomic mass is 19.1. The summed E-state index contributed by atoms with van der Waals surface area (Å²) in [5.74, 6) is -1.34. The molecule has 94 valence electrons. The molecule has 5 nitrogen and oxygen atoms in total. The Balaban J connectivity index is 1.91. The molecule has 6 heteroatoms. The quantitative estimate of drug-likeness (QED) is 0.762. The van der Waals surface area contributed by atoms with Gasteiger partial charge in [-0.3, -0.25) is 4.79 Å². The lowest BCUT2D eigenvalue weighted by Gasteiger charge is -2.05. The van der Waals surface area contributed by atoms with Crippen LogP contribution in [0.25, 0.3) is 0 Å². The summed E-state index contributed by atoms with van der Waals surface area (Å²) in [4.78, 5) is 18.4. The number of aromatic hydroxyl groups is 1. The molecule has 18 heavy (non-hydrogen) atoms. The molecular formula is C12H12FN3O2. The van der Waals surface area contributed by atoms with Gasteiger partial charge in [0.15, 0.2) is 0 Å². The van der Waals surface area contributed by atoms with Gasteiger partial charge < -0.3 is 15.4 Å². The molecule has 1 heterocycles. The van der Waals surface area contributed by atoms with Gasteiger partial charge in [-0.2, -0.15) is 0 Å². The maximum absolute atomic E-state index is 13.0. The largest absolute Gasteiger partial charge is 0.508 e. The van der Waals surface area contributed by atoms with E-state index in [-0.39, 0.29) is 11.3 Å². The molecular weight excluding hydrogens is 237 g/mol. The molecule has 1 aromatic carbocycles. The number of benzene rings is 1. The van der Waals surface area contributed by atoms with Gasteiger partial charge in [0.25, 0.3) is 5.91 Å². The van der Waals surface area contributed by atoms with E-state index in [2.05, 4.69) is 15.3 Å². The van der Waals surface area contributed by atoms with E-state index in [0.717, 1.165) is 17.8 Å². The smallest absolute Gasteiger partial charge is 0.251 e. The Hall–Kier alpha value is -2.37. The Bertz CT molecular complexity index is 520. The molecule has 1 aromatic heterocycles. The highest BCUT2D eigenvalue weighted by Gasteiger charge is 2.08. The van der Waals surface area contributed by atoms with Gasteiger partial charge in [0.2, 0.25) is 0 Å². The molecule has 0 fully saturated rings. The molecule has 0 aliphatic rings. The van der Waals surface area contributed by atoms with Crippen molar-refractivity contribution in [2.45, 2.75) is 6.42 Å². The molecule has 0 radical (unpaired) electrons. The molecule has 0 aliphatic carbocycles. The number of phenols is 1. The number of hydrogen-bond donors (Lipinski definition) is 3. The van der Waals surface area contributed by atoms with Crippen molar-refractivity contribution in [1.29, 1.82) is 0 Å². The van der Waals surface area contributed by atoms with Gasteiger partial charge in [-0.1, -0.05) is 0 Å². The predicted octanol–water partition coefficient (Wildman–Crippen LogP) is 1.23. The Labute approximate surface area is 103 Å². The zero-order valence-corrected chi connectivity index (χ0v) is 9.48. The molecule has 0 saturated carbocycles. The third-order valence-electron chi connectivity index (χ3n) is 2.38. The number of aromatic amines is 1. The molecule has 0 saturated heterocycles. The molecule has 0 spiro atoms. The maximum atomic E-state index is 13.0. The first kappa shape index (κ1) is 12.1. The lowest BCUT2D eigenvalue weighted by molar-refractivity contribution is 0.0953. The number of nitrogens with one attached hydrogen (secondary N) is 2. The van der Waals surface area contributed by atoms with Crippen molar-refractivity contribution in [3.05, 3.63) is 47.8 Å². The SMILES string of the molecule is O=C(NCCc1cnc[nH]1)c1cc(O)cc(F)c1. The van der Waals surface area contributed by atoms with Crippen molar-refractivity contribution in [3.63, 3.8) is 0 Å². The highest BCUT2D eigenvalue weighted by molar-refractivity contribution is 5.94. The summed E-state index contributed by atoms with van der Waals surface area (Å²) >= 11 is 0. The van der Waals surface area contributed by atoms with Crippen LogP contribution >= 0.6 is 0 Å². The van der Waals surface area contributed by atoms with E-state index in [4.69, 9.17) is 0 Å². The fourth-order valence-electron chi connectivity index (χ4n) is 1.54. The maximum Gasteiger partial charge on any atom is 0.251 e. The number of nitrogens with zero attached hydrogens (tertiary/aromatic N) is 1. The lowest BCUT2D eigenvalue weighted by atomic mass is 10.2. The number of carbonyl (C=O) groups is 1. The average molecular weight is 249 g/mol. The average Bonchev–Trinajstić information content (AvgIpc) is 2.80. The Morgan fingerprint density at radius 3 is 2.94 bits per heavy atom. The van der Waals surface area contributed by atoms with E-state index in [1.165, 1.54) is 6.07 Å². The van der Waals surface area contributed by atoms with E-state index in [1.807, 2.05) is 0 Å². The van der Waals surface area contributed by atoms with Crippen LogP contribution in [0, 0.1) is 5.82 Å². The molecule has 2 rings (SSSR count). The van der Waals surface area contributed by atoms with Crippen molar-refractivity contribution in [3.8, 4) is 5.75 Å². The molecule has 0 unspecified atom stereocenters. The van der Waals surface area contributed by atoms with Gasteiger partial charge in [0, 0.05) is 36.5 Å². The summed E-state index contributed by atoms with van der Waals surface area (Å²) in [5.41, 5.74) is 0.995. The van der Waals surface area contributed by atoms with E-state index in [9.17, 15) is 14.3 Å². The summed E-state index contributed by atoms with van der Waals surface area (Å²) in [7, 11) is 0. The number of H-pyrrole nitrogens is 1. The monoisotopic (exact) mass is 249 g/mol. The van der Waals surface area contributed by atoms with Crippen LogP contribution in [0.4, 0.5) is 4.39 Å². The first-order valence-corrected chi connectivity index (χ1v) is 5.40. The molecule has 3 N–H and O–H groups in total. The van der Waals surface area contributed by atoms with Gasteiger partial charge >= 0.3 is 0 Å². The van der Waals surface area contributed by atoms with Crippen molar-refractivity contribution in [2.75, 3.05) is 6.54 Å². The van der Waals surface area contributed by atoms with Crippen LogP contribution in [-0.2, 0) is 6.42 Å². The second kappa shape index (κ2) is 5.31. The fraction of sp³-hybridized carbons (Fsp3) is 0.167. The third kappa shape index (κ3) is 3.07. The van der Waals surface area contributed by atoms with Crippen LogP contribution < -0.4 is 5.32 Å². The normalized spacial score (nSPS) is 10.3. The number of phenolic OH excluding ortho intramolecular Hbond substituents is 1. The minimum atomic E-state index is -0.645. The van der Waals surface area contributed by atoms with Crippen molar-refractivity contribution in [2.24, 2.45) is 0 Å². The van der Waals surface area contributed by atoms with Crippen molar-refractivity contribution < 1.29 is 14.3 Å².